The van der Waals surface area contributed by atoms with E-state index < -0.39 is 0 Å². The number of hydrogen-bond acceptors (Lipinski definition) is 1. The van der Waals surface area contributed by atoms with Crippen LogP contribution in [0.15, 0.2) is 35.3 Å². The van der Waals surface area contributed by atoms with E-state index in [1.807, 2.05) is 12.1 Å². The summed E-state index contributed by atoms with van der Waals surface area (Å²) in [7, 11) is 0. The molecule has 0 aliphatic rings. The minimum atomic E-state index is 0.287. The average molecular weight is 352 g/mol. The number of halogens is 2. The molecule has 1 atom stereocenters. The van der Waals surface area contributed by atoms with Crippen LogP contribution in [0.1, 0.15) is 6.92 Å². The lowest BCUT2D eigenvalue weighted by atomic mass is 10.2. The molecule has 1 aromatic rings. The van der Waals surface area contributed by atoms with Gasteiger partial charge in [-0.1, -0.05) is 6.08 Å². The Bertz CT molecular complexity index is 312. The van der Waals surface area contributed by atoms with Crippen LogP contribution in [0.3, 0.4) is 0 Å². The zero-order valence-corrected chi connectivity index (χ0v) is 11.1. The SMILES string of the molecule is C=CC(C)Nc1cc(I)ccc1Br. The van der Waals surface area contributed by atoms with E-state index in [0.717, 1.165) is 10.2 Å². The summed E-state index contributed by atoms with van der Waals surface area (Å²) < 4.78 is 2.31. The maximum atomic E-state index is 3.73. The van der Waals surface area contributed by atoms with Crippen LogP contribution in [-0.2, 0) is 0 Å². The third-order valence-corrected chi connectivity index (χ3v) is 3.03. The fourth-order valence-electron chi connectivity index (χ4n) is 0.912. The van der Waals surface area contributed by atoms with Crippen molar-refractivity contribution < 1.29 is 0 Å². The molecule has 0 saturated heterocycles. The zero-order valence-electron chi connectivity index (χ0n) is 7.35. The van der Waals surface area contributed by atoms with Crippen LogP contribution >= 0.6 is 38.5 Å². The number of nitrogens with one attached hydrogen (secondary N) is 1. The maximum Gasteiger partial charge on any atom is 0.0499 e. The molecule has 0 amide bonds. The molecule has 0 saturated carbocycles. The first-order valence-corrected chi connectivity index (χ1v) is 5.85. The lowest BCUT2D eigenvalue weighted by Gasteiger charge is -2.12. The molecule has 0 aromatic heterocycles. The Morgan fingerprint density at radius 3 is 2.92 bits per heavy atom. The average Bonchev–Trinajstić information content (AvgIpc) is 2.11. The molecule has 0 spiro atoms. The monoisotopic (exact) mass is 351 g/mol. The van der Waals surface area contributed by atoms with Crippen molar-refractivity contribution >= 4 is 44.2 Å². The van der Waals surface area contributed by atoms with Gasteiger partial charge in [0, 0.05) is 19.8 Å². The van der Waals surface area contributed by atoms with Crippen LogP contribution in [0.25, 0.3) is 0 Å². The summed E-state index contributed by atoms with van der Waals surface area (Å²) in [4.78, 5) is 0. The highest BCUT2D eigenvalue weighted by molar-refractivity contribution is 14.1. The van der Waals surface area contributed by atoms with Crippen molar-refractivity contribution in [3.8, 4) is 0 Å². The zero-order chi connectivity index (χ0) is 9.84. The second-order valence-corrected chi connectivity index (χ2v) is 4.89. The van der Waals surface area contributed by atoms with Crippen molar-refractivity contribution in [2.45, 2.75) is 13.0 Å². The van der Waals surface area contributed by atoms with E-state index in [9.17, 15) is 0 Å². The quantitative estimate of drug-likeness (QED) is 0.640. The van der Waals surface area contributed by atoms with E-state index in [2.05, 4.69) is 69.5 Å². The fraction of sp³-hybridized carbons (Fsp3) is 0.200. The van der Waals surface area contributed by atoms with Crippen LogP contribution in [0.4, 0.5) is 5.69 Å². The van der Waals surface area contributed by atoms with Crippen molar-refractivity contribution in [2.24, 2.45) is 0 Å². The first-order chi connectivity index (χ1) is 6.13. The van der Waals surface area contributed by atoms with Gasteiger partial charge in [-0.3, -0.25) is 0 Å². The Morgan fingerprint density at radius 1 is 1.62 bits per heavy atom. The Kier molecular flexibility index (Phi) is 4.25. The Hall–Kier alpha value is -0.0300. The van der Waals surface area contributed by atoms with E-state index in [0.29, 0.717) is 0 Å². The van der Waals surface area contributed by atoms with Crippen molar-refractivity contribution in [2.75, 3.05) is 5.32 Å². The summed E-state index contributed by atoms with van der Waals surface area (Å²) >= 11 is 5.78. The number of hydrogen-bond donors (Lipinski definition) is 1. The molecule has 1 aromatic carbocycles. The van der Waals surface area contributed by atoms with E-state index >= 15 is 0 Å². The van der Waals surface area contributed by atoms with Gasteiger partial charge in [0.25, 0.3) is 0 Å². The molecule has 0 aliphatic carbocycles. The molecule has 0 heterocycles. The van der Waals surface area contributed by atoms with Crippen LogP contribution in [-0.4, -0.2) is 6.04 Å². The molecule has 1 unspecified atom stereocenters. The number of rotatable bonds is 3. The Morgan fingerprint density at radius 2 is 2.31 bits per heavy atom. The highest BCUT2D eigenvalue weighted by atomic mass is 127. The predicted octanol–water partition coefficient (Wildman–Crippen LogP) is 4.04. The first kappa shape index (κ1) is 11.0. The van der Waals surface area contributed by atoms with Gasteiger partial charge in [0.15, 0.2) is 0 Å². The lowest BCUT2D eigenvalue weighted by molar-refractivity contribution is 0.999. The topological polar surface area (TPSA) is 12.0 Å². The summed E-state index contributed by atoms with van der Waals surface area (Å²) in [6, 6.07) is 6.49. The van der Waals surface area contributed by atoms with Crippen molar-refractivity contribution in [1.82, 2.24) is 0 Å². The van der Waals surface area contributed by atoms with E-state index in [1.54, 1.807) is 0 Å². The number of anilines is 1. The molecule has 0 fully saturated rings. The second-order valence-electron chi connectivity index (χ2n) is 2.79. The summed E-state index contributed by atoms with van der Waals surface area (Å²) in [6.07, 6.45) is 1.88. The molecule has 1 nitrogen and oxygen atoms in total. The van der Waals surface area contributed by atoms with Gasteiger partial charge in [-0.2, -0.15) is 0 Å². The van der Waals surface area contributed by atoms with Crippen molar-refractivity contribution in [3.63, 3.8) is 0 Å². The lowest BCUT2D eigenvalue weighted by Crippen LogP contribution is -2.11. The largest absolute Gasteiger partial charge is 0.378 e. The molecule has 70 valence electrons. The predicted molar refractivity (Wildman–Crippen MR) is 70.1 cm³/mol. The highest BCUT2D eigenvalue weighted by Crippen LogP contribution is 2.24. The fourth-order valence-corrected chi connectivity index (χ4v) is 1.76. The van der Waals surface area contributed by atoms with Crippen LogP contribution < -0.4 is 5.32 Å². The molecular weight excluding hydrogens is 341 g/mol. The summed E-state index contributed by atoms with van der Waals surface area (Å²) in [6.45, 7) is 5.80. The van der Waals surface area contributed by atoms with E-state index in [-0.39, 0.29) is 6.04 Å². The van der Waals surface area contributed by atoms with Gasteiger partial charge >= 0.3 is 0 Å². The minimum Gasteiger partial charge on any atom is -0.378 e. The van der Waals surface area contributed by atoms with Gasteiger partial charge in [-0.05, 0) is 63.6 Å². The third kappa shape index (κ3) is 3.31. The summed E-state index contributed by atoms with van der Waals surface area (Å²) in [5, 5.41) is 3.33. The van der Waals surface area contributed by atoms with E-state index in [4.69, 9.17) is 0 Å². The van der Waals surface area contributed by atoms with Crippen molar-refractivity contribution in [1.29, 1.82) is 0 Å². The van der Waals surface area contributed by atoms with Gasteiger partial charge in [0.2, 0.25) is 0 Å². The first-order valence-electron chi connectivity index (χ1n) is 3.97. The molecule has 0 bridgehead atoms. The molecule has 1 N–H and O–H groups in total. The van der Waals surface area contributed by atoms with Gasteiger partial charge in [-0.25, -0.2) is 0 Å². The number of benzene rings is 1. The van der Waals surface area contributed by atoms with Crippen LogP contribution in [0.5, 0.6) is 0 Å². The van der Waals surface area contributed by atoms with Crippen LogP contribution in [0, 0.1) is 3.57 Å². The Labute approximate surface area is 101 Å². The van der Waals surface area contributed by atoms with Gasteiger partial charge in [0.05, 0.1) is 0 Å². The summed E-state index contributed by atoms with van der Waals surface area (Å²) in [5.41, 5.74) is 1.11. The molecule has 3 heteroatoms. The molecule has 13 heavy (non-hydrogen) atoms. The normalized spacial score (nSPS) is 12.2. The third-order valence-electron chi connectivity index (χ3n) is 1.67. The minimum absolute atomic E-state index is 0.287. The summed E-state index contributed by atoms with van der Waals surface area (Å²) in [5.74, 6) is 0. The molecule has 0 radical (unpaired) electrons. The molecule has 1 rings (SSSR count). The van der Waals surface area contributed by atoms with Crippen LogP contribution in [0.2, 0.25) is 0 Å². The van der Waals surface area contributed by atoms with Gasteiger partial charge in [0.1, 0.15) is 0 Å². The van der Waals surface area contributed by atoms with E-state index in [1.165, 1.54) is 3.57 Å². The molecule has 0 aliphatic heterocycles. The maximum absolute atomic E-state index is 3.73. The second kappa shape index (κ2) is 5.00. The van der Waals surface area contributed by atoms with Gasteiger partial charge < -0.3 is 5.32 Å². The smallest absolute Gasteiger partial charge is 0.0499 e. The Balaban J connectivity index is 2.86. The molecular formula is C10H11BrIN. The standard InChI is InChI=1S/C10H11BrIN/c1-3-7(2)13-10-6-8(12)4-5-9(10)11/h3-7,13H,1H2,2H3. The van der Waals surface area contributed by atoms with Gasteiger partial charge in [-0.15, -0.1) is 6.58 Å². The van der Waals surface area contributed by atoms with Crippen molar-refractivity contribution in [3.05, 3.63) is 38.9 Å². The highest BCUT2D eigenvalue weighted by Gasteiger charge is 2.01.